The van der Waals surface area contributed by atoms with Crippen LogP contribution in [-0.2, 0) is 0 Å². The number of ketones is 1. The fourth-order valence-corrected chi connectivity index (χ4v) is 3.60. The molecule has 6 nitrogen and oxygen atoms in total. The van der Waals surface area contributed by atoms with Gasteiger partial charge in [-0.3, -0.25) is 9.59 Å². The topological polar surface area (TPSA) is 101 Å². The highest BCUT2D eigenvalue weighted by Crippen LogP contribution is 2.31. The molecule has 2 aromatic rings. The molecule has 1 heterocycles. The number of carbonyl (C=O) groups is 2. The van der Waals surface area contributed by atoms with Gasteiger partial charge in [0.05, 0.1) is 0 Å². The number of nitrogens with two attached hydrogens (primary N) is 1. The number of Topliss-reactive ketones (excluding diaryl/α,β-unsaturated/α-hetero) is 1. The maximum absolute atomic E-state index is 12.7. The van der Waals surface area contributed by atoms with Gasteiger partial charge in [0, 0.05) is 23.1 Å². The van der Waals surface area contributed by atoms with E-state index >= 15 is 0 Å². The van der Waals surface area contributed by atoms with Gasteiger partial charge in [-0.2, -0.15) is 0 Å². The number of H-pyrrole nitrogens is 1. The van der Waals surface area contributed by atoms with Crippen LogP contribution in [0.4, 0.5) is 5.82 Å². The number of nitrogens with zero attached hydrogens (tertiary/aromatic N) is 1. The number of imidazole rings is 1. The van der Waals surface area contributed by atoms with Crippen LogP contribution < -0.4 is 11.1 Å². The Hall–Kier alpha value is -2.63. The molecule has 4 rings (SSSR count). The van der Waals surface area contributed by atoms with E-state index < -0.39 is 0 Å². The van der Waals surface area contributed by atoms with Gasteiger partial charge in [0.2, 0.25) is 0 Å². The zero-order chi connectivity index (χ0) is 18.3. The second kappa shape index (κ2) is 6.59. The Morgan fingerprint density at radius 3 is 2.62 bits per heavy atom. The molecule has 4 N–H and O–H groups in total. The summed E-state index contributed by atoms with van der Waals surface area (Å²) < 4.78 is 0. The van der Waals surface area contributed by atoms with Gasteiger partial charge in [0.15, 0.2) is 5.78 Å². The van der Waals surface area contributed by atoms with Crippen LogP contribution in [0.5, 0.6) is 0 Å². The minimum atomic E-state index is -0.0736. The van der Waals surface area contributed by atoms with E-state index in [2.05, 4.69) is 15.3 Å². The molecular weight excluding hydrogens is 328 g/mol. The molecule has 2 saturated carbocycles. The molecule has 2 aliphatic carbocycles. The van der Waals surface area contributed by atoms with Crippen molar-refractivity contribution in [2.24, 2.45) is 5.92 Å². The van der Waals surface area contributed by atoms with Crippen LogP contribution in [0.3, 0.4) is 0 Å². The molecule has 0 unspecified atom stereocenters. The Morgan fingerprint density at radius 1 is 1.19 bits per heavy atom. The molecule has 1 aromatic carbocycles. The number of amides is 1. The zero-order valence-electron chi connectivity index (χ0n) is 15.0. The van der Waals surface area contributed by atoms with Crippen molar-refractivity contribution in [3.05, 3.63) is 35.0 Å². The normalized spacial score (nSPS) is 17.4. The molecule has 0 atom stereocenters. The van der Waals surface area contributed by atoms with Gasteiger partial charge in [0.1, 0.15) is 17.3 Å². The maximum Gasteiger partial charge on any atom is 0.251 e. The summed E-state index contributed by atoms with van der Waals surface area (Å²) in [6.07, 6.45) is 6.10. The van der Waals surface area contributed by atoms with Gasteiger partial charge in [-0.1, -0.05) is 18.9 Å². The van der Waals surface area contributed by atoms with Gasteiger partial charge in [-0.05, 0) is 50.3 Å². The number of hydrogen-bond acceptors (Lipinski definition) is 4. The number of benzene rings is 1. The van der Waals surface area contributed by atoms with Crippen LogP contribution >= 0.6 is 0 Å². The van der Waals surface area contributed by atoms with Crippen LogP contribution in [-0.4, -0.2) is 27.7 Å². The van der Waals surface area contributed by atoms with E-state index in [4.69, 9.17) is 5.73 Å². The van der Waals surface area contributed by atoms with E-state index in [0.29, 0.717) is 28.9 Å². The molecular formula is C20H24N4O2. The maximum atomic E-state index is 12.7. The number of nitrogens with one attached hydrogen (secondary N) is 2. The quantitative estimate of drug-likeness (QED) is 0.719. The molecule has 0 aliphatic heterocycles. The van der Waals surface area contributed by atoms with Crippen LogP contribution in [0.15, 0.2) is 18.2 Å². The first-order valence-corrected chi connectivity index (χ1v) is 9.34. The number of aryl methyl sites for hydroxylation is 1. The average molecular weight is 352 g/mol. The number of carbonyl (C=O) groups excluding carboxylic acids is 2. The summed E-state index contributed by atoms with van der Waals surface area (Å²) in [4.78, 5) is 32.5. The third-order valence-electron chi connectivity index (χ3n) is 5.36. The van der Waals surface area contributed by atoms with Crippen LogP contribution in [0.2, 0.25) is 0 Å². The van der Waals surface area contributed by atoms with Gasteiger partial charge in [-0.15, -0.1) is 0 Å². The minimum Gasteiger partial charge on any atom is -0.383 e. The van der Waals surface area contributed by atoms with E-state index in [1.807, 2.05) is 25.1 Å². The van der Waals surface area contributed by atoms with Gasteiger partial charge < -0.3 is 16.0 Å². The molecule has 2 aliphatic rings. The fourth-order valence-electron chi connectivity index (χ4n) is 3.60. The average Bonchev–Trinajstić information content (AvgIpc) is 3.11. The Balaban J connectivity index is 1.63. The highest BCUT2D eigenvalue weighted by molar-refractivity contribution is 6.01. The summed E-state index contributed by atoms with van der Waals surface area (Å²) in [6.45, 7) is 1.95. The molecule has 0 bridgehead atoms. The summed E-state index contributed by atoms with van der Waals surface area (Å²) in [7, 11) is 0. The lowest BCUT2D eigenvalue weighted by Gasteiger charge is -2.08. The summed E-state index contributed by atoms with van der Waals surface area (Å²) in [5.41, 5.74) is 8.75. The number of aromatic nitrogens is 2. The van der Waals surface area contributed by atoms with E-state index in [1.54, 1.807) is 0 Å². The van der Waals surface area contributed by atoms with Gasteiger partial charge in [0.25, 0.3) is 5.91 Å². The summed E-state index contributed by atoms with van der Waals surface area (Å²) >= 11 is 0. The van der Waals surface area contributed by atoms with Gasteiger partial charge in [-0.25, -0.2) is 4.98 Å². The number of anilines is 1. The van der Waals surface area contributed by atoms with Crippen molar-refractivity contribution < 1.29 is 9.59 Å². The van der Waals surface area contributed by atoms with E-state index in [1.165, 1.54) is 0 Å². The highest BCUT2D eigenvalue weighted by atomic mass is 16.1. The lowest BCUT2D eigenvalue weighted by atomic mass is 10.0. The molecule has 6 heteroatoms. The Morgan fingerprint density at radius 2 is 1.92 bits per heavy atom. The summed E-state index contributed by atoms with van der Waals surface area (Å²) in [5.74, 6) is 0.843. The third-order valence-corrected chi connectivity index (χ3v) is 5.36. The predicted molar refractivity (Wildman–Crippen MR) is 99.9 cm³/mol. The van der Waals surface area contributed by atoms with Crippen molar-refractivity contribution >= 4 is 17.5 Å². The molecule has 136 valence electrons. The van der Waals surface area contributed by atoms with Crippen molar-refractivity contribution in [2.45, 2.75) is 51.5 Å². The van der Waals surface area contributed by atoms with E-state index in [-0.39, 0.29) is 17.6 Å². The Labute approximate surface area is 152 Å². The second-order valence-electron chi connectivity index (χ2n) is 7.47. The summed E-state index contributed by atoms with van der Waals surface area (Å²) in [6, 6.07) is 5.83. The molecule has 26 heavy (non-hydrogen) atoms. The molecule has 0 radical (unpaired) electrons. The Bertz CT molecular complexity index is 861. The smallest absolute Gasteiger partial charge is 0.251 e. The van der Waals surface area contributed by atoms with Crippen molar-refractivity contribution in [1.29, 1.82) is 0 Å². The first-order valence-electron chi connectivity index (χ1n) is 9.34. The zero-order valence-corrected chi connectivity index (χ0v) is 15.0. The van der Waals surface area contributed by atoms with Crippen LogP contribution in [0.1, 0.15) is 64.9 Å². The van der Waals surface area contributed by atoms with E-state index in [0.717, 1.165) is 49.7 Å². The largest absolute Gasteiger partial charge is 0.383 e. The number of rotatable bonds is 5. The first-order chi connectivity index (χ1) is 12.5. The van der Waals surface area contributed by atoms with Crippen molar-refractivity contribution in [3.8, 4) is 11.4 Å². The molecule has 0 saturated heterocycles. The standard InChI is InChI=1S/C20H24N4O2/c1-11-6-7-13(20(26)22-14-8-9-14)10-15(11)19-23-16(18(21)24-19)17(25)12-4-2-3-5-12/h6-7,10,12,14H,2-5,8-9,21H2,1H3,(H,22,26)(H,23,24). The number of nitrogen functional groups attached to an aromatic ring is 1. The van der Waals surface area contributed by atoms with Crippen molar-refractivity contribution in [2.75, 3.05) is 5.73 Å². The SMILES string of the molecule is Cc1ccc(C(=O)NC2CC2)cc1-c1nc(C(=O)C2CCCC2)c(N)[nH]1. The molecule has 1 aromatic heterocycles. The number of hydrogen-bond donors (Lipinski definition) is 3. The lowest BCUT2D eigenvalue weighted by molar-refractivity contribution is 0.0917. The Kier molecular flexibility index (Phi) is 4.26. The predicted octanol–water partition coefficient (Wildman–Crippen LogP) is 3.23. The molecule has 2 fully saturated rings. The van der Waals surface area contributed by atoms with Crippen molar-refractivity contribution in [1.82, 2.24) is 15.3 Å². The minimum absolute atomic E-state index is 0.0304. The van der Waals surface area contributed by atoms with Crippen LogP contribution in [0.25, 0.3) is 11.4 Å². The van der Waals surface area contributed by atoms with Crippen molar-refractivity contribution in [3.63, 3.8) is 0 Å². The third kappa shape index (κ3) is 3.23. The molecule has 0 spiro atoms. The van der Waals surface area contributed by atoms with Crippen LogP contribution in [0, 0.1) is 12.8 Å². The fraction of sp³-hybridized carbons (Fsp3) is 0.450. The van der Waals surface area contributed by atoms with Gasteiger partial charge >= 0.3 is 0 Å². The summed E-state index contributed by atoms with van der Waals surface area (Å²) in [5, 5.41) is 2.99. The highest BCUT2D eigenvalue weighted by Gasteiger charge is 2.28. The lowest BCUT2D eigenvalue weighted by Crippen LogP contribution is -2.25. The van der Waals surface area contributed by atoms with E-state index in [9.17, 15) is 9.59 Å². The first kappa shape index (κ1) is 16.8. The number of aromatic amines is 1. The molecule has 1 amide bonds. The second-order valence-corrected chi connectivity index (χ2v) is 7.47. The monoisotopic (exact) mass is 352 g/mol.